The zero-order chi connectivity index (χ0) is 12.5. The van der Waals surface area contributed by atoms with Crippen molar-refractivity contribution in [1.29, 1.82) is 0 Å². The van der Waals surface area contributed by atoms with Crippen molar-refractivity contribution < 1.29 is 4.79 Å². The van der Waals surface area contributed by atoms with Gasteiger partial charge < -0.3 is 5.32 Å². The van der Waals surface area contributed by atoms with E-state index in [1.54, 1.807) is 0 Å². The molecule has 0 saturated heterocycles. The lowest BCUT2D eigenvalue weighted by Crippen LogP contribution is -2.18. The van der Waals surface area contributed by atoms with E-state index in [0.29, 0.717) is 11.6 Å². The van der Waals surface area contributed by atoms with E-state index in [9.17, 15) is 4.79 Å². The van der Waals surface area contributed by atoms with Crippen LogP contribution < -0.4 is 16.6 Å². The number of hydrogen-bond donors (Lipinski definition) is 3. The normalized spacial score (nSPS) is 13.9. The minimum Gasteiger partial charge on any atom is -0.326 e. The van der Waals surface area contributed by atoms with Crippen molar-refractivity contribution in [2.75, 3.05) is 10.7 Å². The number of anilines is 2. The number of hydrogen-bond acceptors (Lipinski definition) is 5. The lowest BCUT2D eigenvalue weighted by atomic mass is 9.99. The molecule has 1 aromatic heterocycles. The van der Waals surface area contributed by atoms with E-state index in [0.717, 1.165) is 28.9 Å². The summed E-state index contributed by atoms with van der Waals surface area (Å²) in [5, 5.41) is 5.51. The first-order valence-electron chi connectivity index (χ1n) is 5.61. The molecule has 2 heterocycles. The highest BCUT2D eigenvalue weighted by molar-refractivity contribution is 7.14. The van der Waals surface area contributed by atoms with Crippen molar-refractivity contribution >= 4 is 28.1 Å². The fourth-order valence-corrected chi connectivity index (χ4v) is 2.65. The Kier molecular flexibility index (Phi) is 2.73. The van der Waals surface area contributed by atoms with Gasteiger partial charge >= 0.3 is 0 Å². The van der Waals surface area contributed by atoms with Crippen molar-refractivity contribution in [2.45, 2.75) is 12.8 Å². The highest BCUT2D eigenvalue weighted by Gasteiger charge is 2.15. The zero-order valence-electron chi connectivity index (χ0n) is 9.56. The molecule has 0 atom stereocenters. The number of nitrogens with two attached hydrogens (primary N) is 1. The number of nitrogens with one attached hydrogen (secondary N) is 2. The molecule has 0 spiro atoms. The van der Waals surface area contributed by atoms with Gasteiger partial charge in [-0.05, 0) is 24.1 Å². The van der Waals surface area contributed by atoms with Crippen LogP contribution in [0.25, 0.3) is 11.3 Å². The number of benzene rings is 1. The molecule has 1 aliphatic heterocycles. The Morgan fingerprint density at radius 1 is 1.39 bits per heavy atom. The van der Waals surface area contributed by atoms with Crippen molar-refractivity contribution in [3.8, 4) is 11.3 Å². The molecule has 6 heteroatoms. The molecule has 0 aliphatic carbocycles. The average molecular weight is 260 g/mol. The Morgan fingerprint density at radius 2 is 2.28 bits per heavy atom. The molecule has 0 saturated carbocycles. The van der Waals surface area contributed by atoms with E-state index in [1.165, 1.54) is 11.3 Å². The number of carbonyl (C=O) groups excluding carboxylic acids is 1. The van der Waals surface area contributed by atoms with Crippen molar-refractivity contribution in [2.24, 2.45) is 5.84 Å². The maximum Gasteiger partial charge on any atom is 0.224 e. The Balaban J connectivity index is 1.97. The first-order valence-corrected chi connectivity index (χ1v) is 6.49. The Morgan fingerprint density at radius 3 is 3.06 bits per heavy atom. The van der Waals surface area contributed by atoms with Gasteiger partial charge in [-0.15, -0.1) is 11.3 Å². The van der Waals surface area contributed by atoms with Gasteiger partial charge in [0.1, 0.15) is 0 Å². The molecular formula is C12H12N4OS. The highest BCUT2D eigenvalue weighted by Crippen LogP contribution is 2.30. The van der Waals surface area contributed by atoms with Crippen LogP contribution in [0.5, 0.6) is 0 Å². The summed E-state index contributed by atoms with van der Waals surface area (Å²) >= 11 is 1.47. The summed E-state index contributed by atoms with van der Waals surface area (Å²) in [7, 11) is 0. The van der Waals surface area contributed by atoms with Crippen molar-refractivity contribution in [3.63, 3.8) is 0 Å². The maximum atomic E-state index is 11.3. The molecule has 4 N–H and O–H groups in total. The first-order chi connectivity index (χ1) is 8.76. The Labute approximate surface area is 108 Å². The van der Waals surface area contributed by atoms with Gasteiger partial charge in [-0.1, -0.05) is 6.07 Å². The van der Waals surface area contributed by atoms with Gasteiger partial charge in [0, 0.05) is 23.1 Å². The fraction of sp³-hybridized carbons (Fsp3) is 0.167. The summed E-state index contributed by atoms with van der Waals surface area (Å²) < 4.78 is 0. The predicted molar refractivity (Wildman–Crippen MR) is 72.3 cm³/mol. The maximum absolute atomic E-state index is 11.3. The monoisotopic (exact) mass is 260 g/mol. The second-order valence-corrected chi connectivity index (χ2v) is 4.96. The molecule has 0 radical (unpaired) electrons. The SMILES string of the molecule is NNc1nc(-c2ccc3c(c2)CCC(=O)N3)cs1. The molecule has 92 valence electrons. The summed E-state index contributed by atoms with van der Waals surface area (Å²) in [6, 6.07) is 5.96. The third kappa shape index (κ3) is 1.96. The number of aryl methyl sites for hydroxylation is 1. The number of nitrogens with zero attached hydrogens (tertiary/aromatic N) is 1. The lowest BCUT2D eigenvalue weighted by molar-refractivity contribution is -0.116. The van der Waals surface area contributed by atoms with E-state index in [4.69, 9.17) is 5.84 Å². The van der Waals surface area contributed by atoms with Crippen LogP contribution in [0.15, 0.2) is 23.6 Å². The minimum atomic E-state index is 0.0820. The number of carbonyl (C=O) groups is 1. The van der Waals surface area contributed by atoms with E-state index in [1.807, 2.05) is 17.5 Å². The number of rotatable bonds is 2. The average Bonchev–Trinajstić information content (AvgIpc) is 2.87. The van der Waals surface area contributed by atoms with Crippen LogP contribution in [0.4, 0.5) is 10.8 Å². The largest absolute Gasteiger partial charge is 0.326 e. The zero-order valence-corrected chi connectivity index (χ0v) is 10.4. The van der Waals surface area contributed by atoms with E-state index < -0.39 is 0 Å². The fourth-order valence-electron chi connectivity index (χ4n) is 2.02. The molecule has 1 aliphatic rings. The second-order valence-electron chi connectivity index (χ2n) is 4.10. The van der Waals surface area contributed by atoms with Crippen LogP contribution in [0, 0.1) is 0 Å². The van der Waals surface area contributed by atoms with Crippen LogP contribution in [-0.4, -0.2) is 10.9 Å². The molecule has 2 aromatic rings. The van der Waals surface area contributed by atoms with E-state index in [-0.39, 0.29) is 5.91 Å². The Bertz CT molecular complexity index is 608. The van der Waals surface area contributed by atoms with E-state index in [2.05, 4.69) is 21.8 Å². The number of fused-ring (bicyclic) bond motifs is 1. The van der Waals surface area contributed by atoms with Crippen LogP contribution in [0.3, 0.4) is 0 Å². The molecule has 1 amide bonds. The van der Waals surface area contributed by atoms with Gasteiger partial charge in [0.2, 0.25) is 5.91 Å². The molecule has 0 bridgehead atoms. The van der Waals surface area contributed by atoms with Crippen LogP contribution in [0.1, 0.15) is 12.0 Å². The van der Waals surface area contributed by atoms with Crippen LogP contribution in [0.2, 0.25) is 0 Å². The molecule has 5 nitrogen and oxygen atoms in total. The standard InChI is InChI=1S/C12H12N4OS/c13-16-12-15-10(6-18-12)8-1-3-9-7(5-8)2-4-11(17)14-9/h1,3,5-6H,2,4,13H2,(H,14,17)(H,15,16). The molecule has 0 unspecified atom stereocenters. The minimum absolute atomic E-state index is 0.0820. The molecule has 3 rings (SSSR count). The van der Waals surface area contributed by atoms with Gasteiger partial charge in [0.25, 0.3) is 0 Å². The number of thiazole rings is 1. The second kappa shape index (κ2) is 4.40. The number of nitrogen functional groups attached to an aromatic ring is 1. The molecular weight excluding hydrogens is 248 g/mol. The quantitative estimate of drug-likeness (QED) is 0.570. The van der Waals surface area contributed by atoms with Crippen molar-refractivity contribution in [1.82, 2.24) is 4.98 Å². The van der Waals surface area contributed by atoms with Crippen LogP contribution in [-0.2, 0) is 11.2 Å². The van der Waals surface area contributed by atoms with E-state index >= 15 is 0 Å². The third-order valence-corrected chi connectivity index (χ3v) is 3.70. The Hall–Kier alpha value is -1.92. The molecule has 0 fully saturated rings. The van der Waals surface area contributed by atoms with Gasteiger partial charge in [-0.3, -0.25) is 10.2 Å². The highest BCUT2D eigenvalue weighted by atomic mass is 32.1. The van der Waals surface area contributed by atoms with Gasteiger partial charge in [0.05, 0.1) is 5.69 Å². The predicted octanol–water partition coefficient (Wildman–Crippen LogP) is 1.98. The summed E-state index contributed by atoms with van der Waals surface area (Å²) in [6.07, 6.45) is 1.32. The van der Waals surface area contributed by atoms with Gasteiger partial charge in [0.15, 0.2) is 5.13 Å². The third-order valence-electron chi connectivity index (χ3n) is 2.92. The summed E-state index contributed by atoms with van der Waals surface area (Å²) in [5.41, 5.74) is 6.54. The van der Waals surface area contributed by atoms with Crippen molar-refractivity contribution in [3.05, 3.63) is 29.1 Å². The molecule has 1 aromatic carbocycles. The topological polar surface area (TPSA) is 80.0 Å². The number of aromatic nitrogens is 1. The first kappa shape index (κ1) is 11.2. The number of amides is 1. The number of hydrazine groups is 1. The summed E-state index contributed by atoms with van der Waals surface area (Å²) in [4.78, 5) is 15.6. The van der Waals surface area contributed by atoms with Gasteiger partial charge in [-0.25, -0.2) is 10.8 Å². The summed E-state index contributed by atoms with van der Waals surface area (Å²) in [5.74, 6) is 5.40. The smallest absolute Gasteiger partial charge is 0.224 e. The summed E-state index contributed by atoms with van der Waals surface area (Å²) in [6.45, 7) is 0. The van der Waals surface area contributed by atoms with Gasteiger partial charge in [-0.2, -0.15) is 0 Å². The molecule has 18 heavy (non-hydrogen) atoms. The lowest BCUT2D eigenvalue weighted by Gasteiger charge is -2.17. The van der Waals surface area contributed by atoms with Crippen LogP contribution >= 0.6 is 11.3 Å².